The number of carboxylic acids is 2. The normalized spacial score (nSPS) is 12.9. The summed E-state index contributed by atoms with van der Waals surface area (Å²) in [7, 11) is 2.41. The zero-order valence-electron chi connectivity index (χ0n) is 11.3. The maximum Gasteiger partial charge on any atom is 1.00 e. The number of carboxylic acid groups (broad SMARTS) is 2. The molecule has 0 aliphatic carbocycles. The van der Waals surface area contributed by atoms with Gasteiger partial charge in [-0.25, -0.2) is 0 Å². The Hall–Kier alpha value is 1.56. The first-order valence-electron chi connectivity index (χ1n) is 3.66. The SMILES string of the molecule is NC(CSSCC(N)C(=O)O)C(=O)O.[H-].[H-].[Na+].[Na+]. The number of hydrogen-bond acceptors (Lipinski definition) is 6. The largest absolute Gasteiger partial charge is 1.00 e. The topological polar surface area (TPSA) is 127 Å². The van der Waals surface area contributed by atoms with Gasteiger partial charge in [-0.2, -0.15) is 0 Å². The molecular weight excluding hydrogens is 274 g/mol. The van der Waals surface area contributed by atoms with Crippen LogP contribution in [0.3, 0.4) is 0 Å². The van der Waals surface area contributed by atoms with Crippen molar-refractivity contribution in [2.45, 2.75) is 12.1 Å². The first-order valence-corrected chi connectivity index (χ1v) is 6.15. The van der Waals surface area contributed by atoms with Crippen molar-refractivity contribution in [3.05, 3.63) is 0 Å². The molecule has 10 heteroatoms. The summed E-state index contributed by atoms with van der Waals surface area (Å²) in [5, 5.41) is 16.8. The monoisotopic (exact) mass is 288 g/mol. The molecule has 2 unspecified atom stereocenters. The van der Waals surface area contributed by atoms with E-state index < -0.39 is 24.0 Å². The van der Waals surface area contributed by atoms with E-state index in [1.165, 1.54) is 21.6 Å². The molecule has 0 aromatic carbocycles. The second kappa shape index (κ2) is 13.0. The molecule has 0 saturated heterocycles. The van der Waals surface area contributed by atoms with E-state index in [1.54, 1.807) is 0 Å². The van der Waals surface area contributed by atoms with Gasteiger partial charge in [0.1, 0.15) is 12.1 Å². The van der Waals surface area contributed by atoms with Gasteiger partial charge in [-0.3, -0.25) is 9.59 Å². The Kier molecular flexibility index (Phi) is 18.5. The van der Waals surface area contributed by atoms with E-state index in [-0.39, 0.29) is 73.5 Å². The van der Waals surface area contributed by atoms with Crippen LogP contribution in [0.2, 0.25) is 0 Å². The molecule has 6 N–H and O–H groups in total. The van der Waals surface area contributed by atoms with E-state index >= 15 is 0 Å². The van der Waals surface area contributed by atoms with Gasteiger partial charge in [-0.1, -0.05) is 21.6 Å². The molecule has 0 heterocycles. The Balaban J connectivity index is -0.000000141. The predicted molar refractivity (Wildman–Crippen MR) is 58.4 cm³/mol. The molecule has 16 heavy (non-hydrogen) atoms. The fourth-order valence-corrected chi connectivity index (χ4v) is 2.61. The summed E-state index contributed by atoms with van der Waals surface area (Å²) in [6.07, 6.45) is 0. The van der Waals surface area contributed by atoms with E-state index in [4.69, 9.17) is 21.7 Å². The third-order valence-electron chi connectivity index (χ3n) is 1.21. The number of carbonyl (C=O) groups is 2. The van der Waals surface area contributed by atoms with Gasteiger partial charge in [0.15, 0.2) is 0 Å². The van der Waals surface area contributed by atoms with Crippen molar-refractivity contribution < 1.29 is 81.8 Å². The minimum atomic E-state index is -1.07. The van der Waals surface area contributed by atoms with Crippen molar-refractivity contribution >= 4 is 33.5 Å². The Morgan fingerprint density at radius 3 is 1.44 bits per heavy atom. The molecule has 0 aliphatic rings. The molecule has 0 rings (SSSR count). The van der Waals surface area contributed by atoms with Crippen LogP contribution in [0.15, 0.2) is 0 Å². The van der Waals surface area contributed by atoms with E-state index in [0.29, 0.717) is 0 Å². The molecule has 86 valence electrons. The van der Waals surface area contributed by atoms with Crippen LogP contribution >= 0.6 is 21.6 Å². The Labute approximate surface area is 149 Å². The van der Waals surface area contributed by atoms with Gasteiger partial charge < -0.3 is 24.5 Å². The van der Waals surface area contributed by atoms with Gasteiger partial charge in [-0.05, 0) is 0 Å². The Bertz CT molecular complexity index is 210. The summed E-state index contributed by atoms with van der Waals surface area (Å²) in [6, 6.07) is -1.85. The van der Waals surface area contributed by atoms with Crippen molar-refractivity contribution in [1.82, 2.24) is 0 Å². The van der Waals surface area contributed by atoms with E-state index in [9.17, 15) is 9.59 Å². The first-order chi connectivity index (χ1) is 6.45. The quantitative estimate of drug-likeness (QED) is 0.207. The molecule has 0 saturated carbocycles. The average molecular weight is 288 g/mol. The number of aliphatic carboxylic acids is 2. The number of nitrogens with two attached hydrogens (primary N) is 2. The zero-order valence-corrected chi connectivity index (χ0v) is 14.9. The fraction of sp³-hybridized carbons (Fsp3) is 0.667. The van der Waals surface area contributed by atoms with Crippen molar-refractivity contribution in [1.29, 1.82) is 0 Å². The molecule has 0 aliphatic heterocycles. The van der Waals surface area contributed by atoms with Crippen LogP contribution in [0.4, 0.5) is 0 Å². The molecule has 0 spiro atoms. The van der Waals surface area contributed by atoms with Crippen LogP contribution < -0.4 is 70.6 Å². The maximum atomic E-state index is 10.3. The van der Waals surface area contributed by atoms with Crippen molar-refractivity contribution in [3.63, 3.8) is 0 Å². The smallest absolute Gasteiger partial charge is 1.00 e. The summed E-state index contributed by atoms with van der Waals surface area (Å²) in [4.78, 5) is 20.5. The number of rotatable bonds is 7. The third-order valence-corrected chi connectivity index (χ3v) is 3.69. The van der Waals surface area contributed by atoms with Crippen LogP contribution in [0, 0.1) is 0 Å². The molecular formula is C6H14N2Na2O4S2. The minimum Gasteiger partial charge on any atom is -1.00 e. The molecule has 0 fully saturated rings. The average Bonchev–Trinajstić information content (AvgIpc) is 2.11. The number of hydrogen-bond donors (Lipinski definition) is 4. The third kappa shape index (κ3) is 12.0. The summed E-state index contributed by atoms with van der Waals surface area (Å²) >= 11 is 0. The van der Waals surface area contributed by atoms with E-state index in [1.807, 2.05) is 0 Å². The van der Waals surface area contributed by atoms with Crippen LogP contribution in [0.25, 0.3) is 0 Å². The second-order valence-corrected chi connectivity index (χ2v) is 5.01. The van der Waals surface area contributed by atoms with Crippen LogP contribution in [-0.4, -0.2) is 45.7 Å². The van der Waals surface area contributed by atoms with Gasteiger partial charge in [0, 0.05) is 11.5 Å². The first kappa shape index (κ1) is 22.7. The van der Waals surface area contributed by atoms with Gasteiger partial charge >= 0.3 is 71.1 Å². The standard InChI is InChI=1S/C6H12N2O4S2.2Na.2H/c7-3(5(9)10)1-13-14-2-4(8)6(11)12;;;;/h3-4H,1-2,7-8H2,(H,9,10)(H,11,12);;;;/q;2*+1;2*-1. The Morgan fingerprint density at radius 1 is 1.00 bits per heavy atom. The summed E-state index contributed by atoms with van der Waals surface area (Å²) in [5.41, 5.74) is 10.4. The minimum absolute atomic E-state index is 0. The zero-order chi connectivity index (χ0) is 11.1. The van der Waals surface area contributed by atoms with Gasteiger partial charge in [0.25, 0.3) is 0 Å². The molecule has 0 aromatic rings. The van der Waals surface area contributed by atoms with Crippen molar-refractivity contribution in [2.75, 3.05) is 11.5 Å². The van der Waals surface area contributed by atoms with Crippen LogP contribution in [0.1, 0.15) is 2.85 Å². The Morgan fingerprint density at radius 2 is 1.25 bits per heavy atom. The van der Waals surface area contributed by atoms with Crippen molar-refractivity contribution in [2.24, 2.45) is 11.5 Å². The molecule has 0 radical (unpaired) electrons. The van der Waals surface area contributed by atoms with Gasteiger partial charge in [-0.15, -0.1) is 0 Å². The predicted octanol–water partition coefficient (Wildman–Crippen LogP) is -6.58. The summed E-state index contributed by atoms with van der Waals surface area (Å²) in [5.74, 6) is -1.68. The molecule has 0 bridgehead atoms. The second-order valence-electron chi connectivity index (χ2n) is 2.46. The van der Waals surface area contributed by atoms with Gasteiger partial charge in [0.05, 0.1) is 0 Å². The molecule has 0 amide bonds. The van der Waals surface area contributed by atoms with Crippen LogP contribution in [0.5, 0.6) is 0 Å². The molecule has 0 aromatic heterocycles. The van der Waals surface area contributed by atoms with Crippen LogP contribution in [-0.2, 0) is 9.59 Å². The summed E-state index contributed by atoms with van der Waals surface area (Å²) in [6.45, 7) is 0. The van der Waals surface area contributed by atoms with Gasteiger partial charge in [0.2, 0.25) is 0 Å². The fourth-order valence-electron chi connectivity index (χ4n) is 0.385. The van der Waals surface area contributed by atoms with E-state index in [0.717, 1.165) is 0 Å². The molecule has 2 atom stereocenters. The molecule has 6 nitrogen and oxygen atoms in total. The summed E-state index contributed by atoms with van der Waals surface area (Å²) < 4.78 is 0. The van der Waals surface area contributed by atoms with E-state index in [2.05, 4.69) is 0 Å². The maximum absolute atomic E-state index is 10.3. The van der Waals surface area contributed by atoms with Crippen molar-refractivity contribution in [3.8, 4) is 0 Å².